The molecule has 0 aliphatic carbocycles. The summed E-state index contributed by atoms with van der Waals surface area (Å²) in [4.78, 5) is 4.60. The number of hydrogen-bond acceptors (Lipinski definition) is 3. The molecule has 0 spiro atoms. The molecule has 4 heteroatoms. The van der Waals surface area contributed by atoms with Gasteiger partial charge in [0.25, 0.3) is 0 Å². The molecule has 0 aromatic carbocycles. The lowest BCUT2D eigenvalue weighted by atomic mass is 9.96. The highest BCUT2D eigenvalue weighted by Crippen LogP contribution is 2.31. The van der Waals surface area contributed by atoms with E-state index in [0.29, 0.717) is 18.1 Å². The van der Waals surface area contributed by atoms with Gasteiger partial charge in [0.2, 0.25) is 0 Å². The van der Waals surface area contributed by atoms with Gasteiger partial charge in [-0.2, -0.15) is 0 Å². The molecule has 0 radical (unpaired) electrons. The molecule has 19 heavy (non-hydrogen) atoms. The molecule has 1 fully saturated rings. The van der Waals surface area contributed by atoms with Gasteiger partial charge in [-0.15, -0.1) is 0 Å². The molecule has 0 bridgehead atoms. The average Bonchev–Trinajstić information content (AvgIpc) is 3.01. The number of aryl methyl sites for hydroxylation is 1. The van der Waals surface area contributed by atoms with Crippen LogP contribution >= 0.6 is 0 Å². The molecule has 3 atom stereocenters. The van der Waals surface area contributed by atoms with Crippen LogP contribution in [0.5, 0.6) is 0 Å². The molecule has 0 saturated carbocycles. The maximum atomic E-state index is 5.75. The van der Waals surface area contributed by atoms with Gasteiger partial charge in [0, 0.05) is 24.9 Å². The van der Waals surface area contributed by atoms with Crippen molar-refractivity contribution in [3.05, 3.63) is 18.2 Å². The number of rotatable bonds is 7. The lowest BCUT2D eigenvalue weighted by molar-refractivity contribution is 0.116. The van der Waals surface area contributed by atoms with Gasteiger partial charge >= 0.3 is 0 Å². The monoisotopic (exact) mass is 265 g/mol. The van der Waals surface area contributed by atoms with E-state index in [1.54, 1.807) is 0 Å². The van der Waals surface area contributed by atoms with E-state index in [-0.39, 0.29) is 0 Å². The highest BCUT2D eigenvalue weighted by Gasteiger charge is 2.32. The number of imidazole rings is 1. The lowest BCUT2D eigenvalue weighted by Gasteiger charge is -2.24. The second-order valence-electron chi connectivity index (χ2n) is 5.55. The van der Waals surface area contributed by atoms with Crippen LogP contribution in [0, 0.1) is 5.92 Å². The first-order valence-electron chi connectivity index (χ1n) is 7.62. The number of aromatic nitrogens is 2. The van der Waals surface area contributed by atoms with Crippen molar-refractivity contribution in [1.29, 1.82) is 0 Å². The summed E-state index contributed by atoms with van der Waals surface area (Å²) in [6.07, 6.45) is 7.81. The van der Waals surface area contributed by atoms with Crippen molar-refractivity contribution >= 4 is 0 Å². The van der Waals surface area contributed by atoms with E-state index in [1.165, 1.54) is 5.82 Å². The van der Waals surface area contributed by atoms with Gasteiger partial charge in [-0.25, -0.2) is 4.98 Å². The van der Waals surface area contributed by atoms with Crippen LogP contribution in [0.1, 0.15) is 51.9 Å². The van der Waals surface area contributed by atoms with Gasteiger partial charge < -0.3 is 14.6 Å². The predicted octanol–water partition coefficient (Wildman–Crippen LogP) is 2.76. The van der Waals surface area contributed by atoms with Gasteiger partial charge in [-0.1, -0.05) is 13.8 Å². The van der Waals surface area contributed by atoms with Crippen LogP contribution in [0.3, 0.4) is 0 Å². The van der Waals surface area contributed by atoms with Crippen LogP contribution < -0.4 is 5.32 Å². The third-order valence-corrected chi connectivity index (χ3v) is 3.81. The Hall–Kier alpha value is -0.870. The fraction of sp³-hybridized carbons (Fsp3) is 0.800. The summed E-state index contributed by atoms with van der Waals surface area (Å²) in [5.41, 5.74) is 0. The fourth-order valence-corrected chi connectivity index (χ4v) is 2.88. The van der Waals surface area contributed by atoms with Crippen molar-refractivity contribution in [3.63, 3.8) is 0 Å². The Kier molecular flexibility index (Phi) is 5.40. The van der Waals surface area contributed by atoms with Crippen molar-refractivity contribution in [2.75, 3.05) is 13.2 Å². The summed E-state index contributed by atoms with van der Waals surface area (Å²) in [7, 11) is 0. The fourth-order valence-electron chi connectivity index (χ4n) is 2.88. The van der Waals surface area contributed by atoms with Gasteiger partial charge in [0.1, 0.15) is 5.82 Å². The van der Waals surface area contributed by atoms with Gasteiger partial charge in [-0.3, -0.25) is 0 Å². The standard InChI is InChI=1S/C15H27N3O/c1-4-6-16-14(13-10-12(3)19-11-13)15-17-7-9-18(15)8-5-2/h7,9,12-14,16H,4-6,8,10-11H2,1-3H3. The van der Waals surface area contributed by atoms with Crippen molar-refractivity contribution in [2.45, 2.75) is 58.7 Å². The maximum Gasteiger partial charge on any atom is 0.126 e. The van der Waals surface area contributed by atoms with E-state index < -0.39 is 0 Å². The second kappa shape index (κ2) is 7.06. The van der Waals surface area contributed by atoms with Crippen LogP contribution in [-0.4, -0.2) is 28.8 Å². The third-order valence-electron chi connectivity index (χ3n) is 3.81. The average molecular weight is 265 g/mol. The molecule has 1 aliphatic rings. The summed E-state index contributed by atoms with van der Waals surface area (Å²) < 4.78 is 8.04. The smallest absolute Gasteiger partial charge is 0.126 e. The molecule has 1 aromatic heterocycles. The number of hydrogen-bond donors (Lipinski definition) is 1. The van der Waals surface area contributed by atoms with E-state index in [1.807, 2.05) is 6.20 Å². The third kappa shape index (κ3) is 3.57. The zero-order valence-electron chi connectivity index (χ0n) is 12.4. The number of ether oxygens (including phenoxy) is 1. The Morgan fingerprint density at radius 1 is 1.47 bits per heavy atom. The molecule has 4 nitrogen and oxygen atoms in total. The largest absolute Gasteiger partial charge is 0.378 e. The molecule has 1 N–H and O–H groups in total. The van der Waals surface area contributed by atoms with E-state index in [2.05, 4.69) is 41.8 Å². The molecule has 3 unspecified atom stereocenters. The molecule has 0 amide bonds. The van der Waals surface area contributed by atoms with Gasteiger partial charge in [0.05, 0.1) is 18.8 Å². The molecular weight excluding hydrogens is 238 g/mol. The van der Waals surface area contributed by atoms with Crippen LogP contribution in [-0.2, 0) is 11.3 Å². The Morgan fingerprint density at radius 3 is 2.95 bits per heavy atom. The summed E-state index contributed by atoms with van der Waals surface area (Å²) in [5, 5.41) is 3.67. The molecule has 108 valence electrons. The lowest BCUT2D eigenvalue weighted by Crippen LogP contribution is -2.32. The topological polar surface area (TPSA) is 39.1 Å². The van der Waals surface area contributed by atoms with Crippen molar-refractivity contribution in [1.82, 2.24) is 14.9 Å². The van der Waals surface area contributed by atoms with Crippen LogP contribution in [0.4, 0.5) is 0 Å². The quantitative estimate of drug-likeness (QED) is 0.824. The van der Waals surface area contributed by atoms with Crippen molar-refractivity contribution in [2.24, 2.45) is 5.92 Å². The van der Waals surface area contributed by atoms with Gasteiger partial charge in [0.15, 0.2) is 0 Å². The SMILES string of the molecule is CCCNC(c1nccn1CCC)C1COC(C)C1. The number of nitrogens with zero attached hydrogens (tertiary/aromatic N) is 2. The van der Waals surface area contributed by atoms with E-state index in [9.17, 15) is 0 Å². The van der Waals surface area contributed by atoms with E-state index in [0.717, 1.165) is 39.0 Å². The molecular formula is C15H27N3O. The first-order chi connectivity index (χ1) is 9.26. The highest BCUT2D eigenvalue weighted by atomic mass is 16.5. The predicted molar refractivity (Wildman–Crippen MR) is 77.1 cm³/mol. The highest BCUT2D eigenvalue weighted by molar-refractivity contribution is 5.03. The first-order valence-corrected chi connectivity index (χ1v) is 7.62. The van der Waals surface area contributed by atoms with Crippen molar-refractivity contribution in [3.8, 4) is 0 Å². The molecule has 2 rings (SSSR count). The zero-order chi connectivity index (χ0) is 13.7. The van der Waals surface area contributed by atoms with Crippen LogP contribution in [0.15, 0.2) is 12.4 Å². The molecule has 1 saturated heterocycles. The first kappa shape index (κ1) is 14.5. The summed E-state index contributed by atoms with van der Waals surface area (Å²) >= 11 is 0. The summed E-state index contributed by atoms with van der Waals surface area (Å²) in [5.74, 6) is 1.72. The van der Waals surface area contributed by atoms with Crippen LogP contribution in [0.2, 0.25) is 0 Å². The Labute approximate surface area is 116 Å². The molecule has 2 heterocycles. The minimum absolute atomic E-state index is 0.325. The Morgan fingerprint density at radius 2 is 2.32 bits per heavy atom. The summed E-state index contributed by atoms with van der Waals surface area (Å²) in [6, 6.07) is 0.325. The Balaban J connectivity index is 2.13. The second-order valence-corrected chi connectivity index (χ2v) is 5.55. The summed E-state index contributed by atoms with van der Waals surface area (Å²) in [6.45, 7) is 9.50. The van der Waals surface area contributed by atoms with E-state index >= 15 is 0 Å². The molecule has 1 aliphatic heterocycles. The molecule has 1 aromatic rings. The normalized spacial score (nSPS) is 24.8. The Bertz CT molecular complexity index is 377. The van der Waals surface area contributed by atoms with Crippen molar-refractivity contribution < 1.29 is 4.74 Å². The minimum Gasteiger partial charge on any atom is -0.378 e. The van der Waals surface area contributed by atoms with E-state index in [4.69, 9.17) is 4.74 Å². The maximum absolute atomic E-state index is 5.75. The minimum atomic E-state index is 0.325. The number of nitrogens with one attached hydrogen (secondary N) is 1. The zero-order valence-corrected chi connectivity index (χ0v) is 12.4. The van der Waals surface area contributed by atoms with Gasteiger partial charge in [-0.05, 0) is 32.7 Å². The van der Waals surface area contributed by atoms with Crippen LogP contribution in [0.25, 0.3) is 0 Å².